The summed E-state index contributed by atoms with van der Waals surface area (Å²) < 4.78 is 0. The maximum Gasteiger partial charge on any atom is 0.0218 e. The van der Waals surface area contributed by atoms with Crippen molar-refractivity contribution in [2.45, 2.75) is 51.1 Å². The molecule has 2 fully saturated rings. The predicted molar refractivity (Wildman–Crippen MR) is 55.8 cm³/mol. The van der Waals surface area contributed by atoms with E-state index in [1.165, 1.54) is 45.2 Å². The second-order valence-corrected chi connectivity index (χ2v) is 4.72. The molecule has 0 radical (unpaired) electrons. The number of hydrogen-bond donors (Lipinski definition) is 2. The molecule has 1 aliphatic carbocycles. The molecule has 0 bridgehead atoms. The third-order valence-electron chi connectivity index (χ3n) is 3.67. The summed E-state index contributed by atoms with van der Waals surface area (Å²) >= 11 is 0. The van der Waals surface area contributed by atoms with Crippen molar-refractivity contribution in [1.29, 1.82) is 0 Å². The Balaban J connectivity index is 1.66. The van der Waals surface area contributed by atoms with Crippen LogP contribution in [0.25, 0.3) is 0 Å². The van der Waals surface area contributed by atoms with Crippen molar-refractivity contribution in [3.63, 3.8) is 0 Å². The van der Waals surface area contributed by atoms with E-state index in [2.05, 4.69) is 17.6 Å². The van der Waals surface area contributed by atoms with Crippen LogP contribution in [0.2, 0.25) is 0 Å². The van der Waals surface area contributed by atoms with Gasteiger partial charge in [0, 0.05) is 18.6 Å². The van der Waals surface area contributed by atoms with E-state index in [1.807, 2.05) is 0 Å². The summed E-state index contributed by atoms with van der Waals surface area (Å²) in [6, 6.07) is 1.56. The molecule has 0 aromatic carbocycles. The van der Waals surface area contributed by atoms with Crippen molar-refractivity contribution in [1.82, 2.24) is 10.6 Å². The van der Waals surface area contributed by atoms with Crippen LogP contribution < -0.4 is 10.6 Å². The van der Waals surface area contributed by atoms with Gasteiger partial charge in [0.05, 0.1) is 0 Å². The van der Waals surface area contributed by atoms with Crippen LogP contribution in [-0.4, -0.2) is 25.2 Å². The first-order chi connectivity index (χ1) is 6.36. The standard InChI is InChI=1S/C11H22N2/c1-9-6-7-12-11(9)8-13-10-4-2-3-5-10/h9-13H,2-8H2,1H3. The zero-order valence-electron chi connectivity index (χ0n) is 8.68. The van der Waals surface area contributed by atoms with E-state index in [0.29, 0.717) is 0 Å². The molecule has 1 aliphatic heterocycles. The monoisotopic (exact) mass is 182 g/mol. The van der Waals surface area contributed by atoms with Gasteiger partial charge in [0.1, 0.15) is 0 Å². The first-order valence-electron chi connectivity index (χ1n) is 5.83. The van der Waals surface area contributed by atoms with Gasteiger partial charge in [-0.05, 0) is 31.7 Å². The summed E-state index contributed by atoms with van der Waals surface area (Å²) in [5.74, 6) is 0.869. The van der Waals surface area contributed by atoms with Crippen LogP contribution >= 0.6 is 0 Å². The van der Waals surface area contributed by atoms with Gasteiger partial charge < -0.3 is 10.6 Å². The minimum atomic E-state index is 0.737. The van der Waals surface area contributed by atoms with Crippen molar-refractivity contribution in [3.05, 3.63) is 0 Å². The van der Waals surface area contributed by atoms with Crippen LogP contribution in [0.5, 0.6) is 0 Å². The molecule has 76 valence electrons. The minimum absolute atomic E-state index is 0.737. The summed E-state index contributed by atoms with van der Waals surface area (Å²) in [4.78, 5) is 0. The molecule has 1 heterocycles. The zero-order valence-corrected chi connectivity index (χ0v) is 8.68. The third kappa shape index (κ3) is 2.44. The van der Waals surface area contributed by atoms with Gasteiger partial charge in [-0.3, -0.25) is 0 Å². The fourth-order valence-corrected chi connectivity index (χ4v) is 2.60. The molecule has 2 aliphatic rings. The van der Waals surface area contributed by atoms with Gasteiger partial charge in [-0.15, -0.1) is 0 Å². The summed E-state index contributed by atoms with van der Waals surface area (Å²) in [5.41, 5.74) is 0. The molecule has 2 atom stereocenters. The number of nitrogens with one attached hydrogen (secondary N) is 2. The maximum absolute atomic E-state index is 3.69. The minimum Gasteiger partial charge on any atom is -0.312 e. The highest BCUT2D eigenvalue weighted by molar-refractivity contribution is 4.84. The topological polar surface area (TPSA) is 24.1 Å². The van der Waals surface area contributed by atoms with Crippen LogP contribution in [0, 0.1) is 5.92 Å². The molecule has 2 rings (SSSR count). The van der Waals surface area contributed by atoms with Gasteiger partial charge in [-0.1, -0.05) is 19.8 Å². The second-order valence-electron chi connectivity index (χ2n) is 4.72. The van der Waals surface area contributed by atoms with Crippen LogP contribution in [-0.2, 0) is 0 Å². The summed E-state index contributed by atoms with van der Waals surface area (Å²) in [6.45, 7) is 4.77. The van der Waals surface area contributed by atoms with Crippen LogP contribution in [0.1, 0.15) is 39.0 Å². The SMILES string of the molecule is CC1CCNC1CNC1CCCC1. The Bertz CT molecular complexity index is 152. The quantitative estimate of drug-likeness (QED) is 0.691. The van der Waals surface area contributed by atoms with Crippen molar-refractivity contribution in [2.24, 2.45) is 5.92 Å². The van der Waals surface area contributed by atoms with Gasteiger partial charge in [0.2, 0.25) is 0 Å². The maximum atomic E-state index is 3.69. The first-order valence-corrected chi connectivity index (χ1v) is 5.83. The zero-order chi connectivity index (χ0) is 9.10. The van der Waals surface area contributed by atoms with Gasteiger partial charge in [0.25, 0.3) is 0 Å². The van der Waals surface area contributed by atoms with Crippen LogP contribution in [0.4, 0.5) is 0 Å². The molecule has 2 nitrogen and oxygen atoms in total. The molecule has 2 heteroatoms. The summed E-state index contributed by atoms with van der Waals surface area (Å²) in [6.07, 6.45) is 7.04. The third-order valence-corrected chi connectivity index (χ3v) is 3.67. The molecular formula is C11H22N2. The normalized spacial score (nSPS) is 35.8. The van der Waals surface area contributed by atoms with Gasteiger partial charge in [-0.2, -0.15) is 0 Å². The Labute approximate surface area is 81.5 Å². The lowest BCUT2D eigenvalue weighted by atomic mass is 10.0. The molecule has 13 heavy (non-hydrogen) atoms. The van der Waals surface area contributed by atoms with E-state index < -0.39 is 0 Å². The van der Waals surface area contributed by atoms with E-state index in [0.717, 1.165) is 18.0 Å². The largest absolute Gasteiger partial charge is 0.312 e. The van der Waals surface area contributed by atoms with Crippen LogP contribution in [0.3, 0.4) is 0 Å². The highest BCUT2D eigenvalue weighted by atomic mass is 15.0. The molecule has 0 amide bonds. The summed E-state index contributed by atoms with van der Waals surface area (Å²) in [5, 5.41) is 7.26. The first kappa shape index (κ1) is 9.47. The Morgan fingerprint density at radius 2 is 2.00 bits per heavy atom. The highest BCUT2D eigenvalue weighted by Crippen LogP contribution is 2.19. The molecule has 0 spiro atoms. The molecule has 0 aromatic heterocycles. The lowest BCUT2D eigenvalue weighted by molar-refractivity contribution is 0.413. The number of rotatable bonds is 3. The Morgan fingerprint density at radius 3 is 2.62 bits per heavy atom. The average molecular weight is 182 g/mol. The van der Waals surface area contributed by atoms with Crippen molar-refractivity contribution in [3.8, 4) is 0 Å². The Morgan fingerprint density at radius 1 is 1.23 bits per heavy atom. The fourth-order valence-electron chi connectivity index (χ4n) is 2.60. The highest BCUT2D eigenvalue weighted by Gasteiger charge is 2.23. The number of hydrogen-bond acceptors (Lipinski definition) is 2. The van der Waals surface area contributed by atoms with E-state index in [4.69, 9.17) is 0 Å². The predicted octanol–water partition coefficient (Wildman–Crippen LogP) is 1.52. The Kier molecular flexibility index (Phi) is 3.23. The van der Waals surface area contributed by atoms with Gasteiger partial charge in [-0.25, -0.2) is 0 Å². The van der Waals surface area contributed by atoms with E-state index >= 15 is 0 Å². The van der Waals surface area contributed by atoms with Crippen LogP contribution in [0.15, 0.2) is 0 Å². The second kappa shape index (κ2) is 4.43. The molecule has 1 saturated heterocycles. The molecular weight excluding hydrogens is 160 g/mol. The van der Waals surface area contributed by atoms with E-state index in [-0.39, 0.29) is 0 Å². The van der Waals surface area contributed by atoms with Gasteiger partial charge >= 0.3 is 0 Å². The summed E-state index contributed by atoms with van der Waals surface area (Å²) in [7, 11) is 0. The molecule has 2 N–H and O–H groups in total. The van der Waals surface area contributed by atoms with E-state index in [9.17, 15) is 0 Å². The van der Waals surface area contributed by atoms with Crippen molar-refractivity contribution < 1.29 is 0 Å². The van der Waals surface area contributed by atoms with Crippen molar-refractivity contribution in [2.75, 3.05) is 13.1 Å². The lowest BCUT2D eigenvalue weighted by Crippen LogP contribution is -2.40. The lowest BCUT2D eigenvalue weighted by Gasteiger charge is -2.19. The molecule has 1 saturated carbocycles. The van der Waals surface area contributed by atoms with E-state index in [1.54, 1.807) is 0 Å². The Hall–Kier alpha value is -0.0800. The smallest absolute Gasteiger partial charge is 0.0218 e. The van der Waals surface area contributed by atoms with Gasteiger partial charge in [0.15, 0.2) is 0 Å². The molecule has 0 aromatic rings. The average Bonchev–Trinajstić information content (AvgIpc) is 2.72. The molecule has 2 unspecified atom stereocenters. The van der Waals surface area contributed by atoms with Crippen molar-refractivity contribution >= 4 is 0 Å². The fraction of sp³-hybridized carbons (Fsp3) is 1.00.